The first kappa shape index (κ1) is 21.4. The van der Waals surface area contributed by atoms with Gasteiger partial charge in [0, 0.05) is 16.7 Å². The first-order chi connectivity index (χ1) is 14.8. The standard InChI is InChI=1S/C21H20O10/c22-6-11-12(30-20-19(28)18(27)13(7-23)31-21(20)29)5-10-14(17(11)26)16(25)9-4-2-1-3-8(9)15(10)24/h1-5,13,18-23,26-29H,6-7H2/t13-,18-,19+,20+,21+/m0/s1. The Bertz CT molecular complexity index is 1050. The van der Waals surface area contributed by atoms with Crippen LogP contribution in [0.15, 0.2) is 30.3 Å². The van der Waals surface area contributed by atoms with Crippen molar-refractivity contribution in [2.75, 3.05) is 6.61 Å². The molecule has 2 aromatic rings. The lowest BCUT2D eigenvalue weighted by atomic mass is 9.82. The largest absolute Gasteiger partial charge is 0.507 e. The van der Waals surface area contributed by atoms with Gasteiger partial charge in [-0.05, 0) is 6.07 Å². The molecule has 10 nitrogen and oxygen atoms in total. The van der Waals surface area contributed by atoms with Crippen LogP contribution >= 0.6 is 0 Å². The fourth-order valence-electron chi connectivity index (χ4n) is 3.86. The molecular formula is C21H20O10. The zero-order chi connectivity index (χ0) is 22.4. The van der Waals surface area contributed by atoms with Crippen molar-refractivity contribution in [3.63, 3.8) is 0 Å². The summed E-state index contributed by atoms with van der Waals surface area (Å²) in [6.07, 6.45) is -7.92. The van der Waals surface area contributed by atoms with Gasteiger partial charge in [-0.2, -0.15) is 0 Å². The quantitative estimate of drug-likeness (QED) is 0.295. The molecule has 0 unspecified atom stereocenters. The highest BCUT2D eigenvalue weighted by molar-refractivity contribution is 6.29. The third-order valence-corrected chi connectivity index (χ3v) is 5.52. The van der Waals surface area contributed by atoms with Crippen LogP contribution in [-0.2, 0) is 11.3 Å². The zero-order valence-electron chi connectivity index (χ0n) is 16.0. The van der Waals surface area contributed by atoms with Gasteiger partial charge in [0.05, 0.1) is 24.3 Å². The predicted molar refractivity (Wildman–Crippen MR) is 102 cm³/mol. The molecule has 10 heteroatoms. The second kappa shape index (κ2) is 8.00. The summed E-state index contributed by atoms with van der Waals surface area (Å²) >= 11 is 0. The van der Waals surface area contributed by atoms with Gasteiger partial charge in [0.15, 0.2) is 24.0 Å². The summed E-state index contributed by atoms with van der Waals surface area (Å²) in [4.78, 5) is 25.8. The number of aliphatic hydroxyl groups is 5. The molecule has 164 valence electrons. The Labute approximate surface area is 175 Å². The molecule has 1 aliphatic carbocycles. The molecule has 2 aliphatic rings. The molecule has 1 saturated heterocycles. The molecule has 1 aliphatic heterocycles. The monoisotopic (exact) mass is 432 g/mol. The summed E-state index contributed by atoms with van der Waals surface area (Å²) in [5.41, 5.74) is -0.483. The van der Waals surface area contributed by atoms with E-state index in [0.29, 0.717) is 0 Å². The Morgan fingerprint density at radius 3 is 2.19 bits per heavy atom. The maximum atomic E-state index is 12.9. The van der Waals surface area contributed by atoms with Crippen LogP contribution in [-0.4, -0.2) is 79.5 Å². The number of carbonyl (C=O) groups excluding carboxylic acids is 2. The number of phenols is 1. The number of carbonyl (C=O) groups is 2. The van der Waals surface area contributed by atoms with Gasteiger partial charge in [-0.25, -0.2) is 0 Å². The van der Waals surface area contributed by atoms with Gasteiger partial charge in [0.2, 0.25) is 0 Å². The van der Waals surface area contributed by atoms with Crippen LogP contribution in [0.1, 0.15) is 37.4 Å². The molecule has 0 saturated carbocycles. The van der Waals surface area contributed by atoms with Crippen LogP contribution in [0.4, 0.5) is 0 Å². The average Bonchev–Trinajstić information content (AvgIpc) is 2.77. The molecule has 5 atom stereocenters. The maximum absolute atomic E-state index is 12.9. The Hall–Kier alpha value is -2.86. The number of benzene rings is 2. The summed E-state index contributed by atoms with van der Waals surface area (Å²) < 4.78 is 10.6. The highest BCUT2D eigenvalue weighted by Crippen LogP contribution is 2.41. The first-order valence-corrected chi connectivity index (χ1v) is 9.45. The van der Waals surface area contributed by atoms with Gasteiger partial charge >= 0.3 is 0 Å². The van der Waals surface area contributed by atoms with E-state index in [4.69, 9.17) is 9.47 Å². The number of hydrogen-bond acceptors (Lipinski definition) is 10. The summed E-state index contributed by atoms with van der Waals surface area (Å²) in [7, 11) is 0. The lowest BCUT2D eigenvalue weighted by molar-refractivity contribution is -0.280. The molecule has 1 fully saturated rings. The maximum Gasteiger partial charge on any atom is 0.198 e. The molecular weight excluding hydrogens is 412 g/mol. The predicted octanol–water partition coefficient (Wildman–Crippen LogP) is -1.16. The van der Waals surface area contributed by atoms with Crippen molar-refractivity contribution < 1.29 is 49.7 Å². The minimum absolute atomic E-state index is 0.109. The van der Waals surface area contributed by atoms with E-state index in [2.05, 4.69) is 0 Å². The van der Waals surface area contributed by atoms with Crippen LogP contribution in [0.5, 0.6) is 11.5 Å². The lowest BCUT2D eigenvalue weighted by Crippen LogP contribution is -2.60. The molecule has 0 bridgehead atoms. The number of aliphatic hydroxyl groups excluding tert-OH is 5. The third kappa shape index (κ3) is 3.30. The fourth-order valence-corrected chi connectivity index (χ4v) is 3.86. The van der Waals surface area contributed by atoms with E-state index >= 15 is 0 Å². The van der Waals surface area contributed by atoms with Crippen LogP contribution in [0, 0.1) is 0 Å². The molecule has 31 heavy (non-hydrogen) atoms. The molecule has 6 N–H and O–H groups in total. The highest BCUT2D eigenvalue weighted by Gasteiger charge is 2.46. The van der Waals surface area contributed by atoms with Gasteiger partial charge in [0.25, 0.3) is 0 Å². The van der Waals surface area contributed by atoms with Crippen molar-refractivity contribution >= 4 is 11.6 Å². The van der Waals surface area contributed by atoms with E-state index in [0.717, 1.165) is 6.07 Å². The Balaban J connectivity index is 1.78. The Morgan fingerprint density at radius 2 is 1.58 bits per heavy atom. The normalized spacial score (nSPS) is 27.6. The highest BCUT2D eigenvalue weighted by atomic mass is 16.7. The molecule has 1 heterocycles. The Kier molecular flexibility index (Phi) is 5.52. The van der Waals surface area contributed by atoms with Crippen molar-refractivity contribution in [3.8, 4) is 11.5 Å². The summed E-state index contributed by atoms with van der Waals surface area (Å²) in [6, 6.07) is 7.20. The summed E-state index contributed by atoms with van der Waals surface area (Å²) in [6.45, 7) is -1.46. The fraction of sp³-hybridized carbons (Fsp3) is 0.333. The minimum Gasteiger partial charge on any atom is -0.507 e. The smallest absolute Gasteiger partial charge is 0.198 e. The van der Waals surface area contributed by atoms with Crippen LogP contribution < -0.4 is 4.74 Å². The van der Waals surface area contributed by atoms with Crippen molar-refractivity contribution in [3.05, 3.63) is 58.1 Å². The van der Waals surface area contributed by atoms with Crippen LogP contribution in [0.3, 0.4) is 0 Å². The van der Waals surface area contributed by atoms with E-state index in [1.807, 2.05) is 0 Å². The number of ketones is 2. The van der Waals surface area contributed by atoms with Crippen molar-refractivity contribution in [2.45, 2.75) is 37.3 Å². The number of hydrogen-bond donors (Lipinski definition) is 6. The lowest BCUT2D eigenvalue weighted by Gasteiger charge is -2.40. The first-order valence-electron chi connectivity index (χ1n) is 9.45. The number of fused-ring (bicyclic) bond motifs is 2. The van der Waals surface area contributed by atoms with Gasteiger partial charge in [0.1, 0.15) is 29.8 Å². The molecule has 0 amide bonds. The summed E-state index contributed by atoms with van der Waals surface area (Å²) in [5, 5.41) is 60.1. The van der Waals surface area contributed by atoms with E-state index in [-0.39, 0.29) is 33.6 Å². The number of ether oxygens (including phenoxy) is 2. The van der Waals surface area contributed by atoms with Gasteiger partial charge in [-0.3, -0.25) is 9.59 Å². The minimum atomic E-state index is -1.78. The van der Waals surface area contributed by atoms with Crippen molar-refractivity contribution in [1.82, 2.24) is 0 Å². The molecule has 0 aromatic heterocycles. The molecule has 0 spiro atoms. The Morgan fingerprint density at radius 1 is 0.935 bits per heavy atom. The molecule has 4 rings (SSSR count). The second-order valence-corrected chi connectivity index (χ2v) is 7.30. The second-order valence-electron chi connectivity index (χ2n) is 7.30. The van der Waals surface area contributed by atoms with Crippen LogP contribution in [0.25, 0.3) is 0 Å². The van der Waals surface area contributed by atoms with Gasteiger partial charge in [-0.1, -0.05) is 24.3 Å². The van der Waals surface area contributed by atoms with Crippen LogP contribution in [0.2, 0.25) is 0 Å². The van der Waals surface area contributed by atoms with Gasteiger partial charge < -0.3 is 40.1 Å². The van der Waals surface area contributed by atoms with E-state index < -0.39 is 61.2 Å². The third-order valence-electron chi connectivity index (χ3n) is 5.52. The topological polar surface area (TPSA) is 174 Å². The average molecular weight is 432 g/mol. The zero-order valence-corrected chi connectivity index (χ0v) is 16.0. The van der Waals surface area contributed by atoms with Gasteiger partial charge in [-0.15, -0.1) is 0 Å². The van der Waals surface area contributed by atoms with E-state index in [9.17, 15) is 40.2 Å². The molecule has 0 radical (unpaired) electrons. The molecule has 2 aromatic carbocycles. The van der Waals surface area contributed by atoms with E-state index in [1.165, 1.54) is 12.1 Å². The van der Waals surface area contributed by atoms with Crippen molar-refractivity contribution in [1.29, 1.82) is 0 Å². The number of rotatable bonds is 4. The number of aromatic hydroxyl groups is 1. The van der Waals surface area contributed by atoms with Crippen molar-refractivity contribution in [2.24, 2.45) is 0 Å². The van der Waals surface area contributed by atoms with E-state index in [1.54, 1.807) is 12.1 Å². The summed E-state index contributed by atoms with van der Waals surface area (Å²) in [5.74, 6) is -2.12. The SMILES string of the molecule is O=C1c2ccccc2C(=O)c2c1cc(O[C@@H]1[C@H](O)[C@@H](O)[C@H](CO)O[C@H]1O)c(CO)c2O.